The first-order valence-electron chi connectivity index (χ1n) is 6.70. The van der Waals surface area contributed by atoms with Crippen LogP contribution >= 0.6 is 24.8 Å². The Balaban J connectivity index is 0.00000110. The van der Waals surface area contributed by atoms with Crippen molar-refractivity contribution in [2.45, 2.75) is 18.9 Å². The molecule has 2 aromatic rings. The third-order valence-electron chi connectivity index (χ3n) is 3.52. The van der Waals surface area contributed by atoms with Crippen molar-refractivity contribution in [3.05, 3.63) is 42.2 Å². The van der Waals surface area contributed by atoms with Crippen LogP contribution in [0.3, 0.4) is 0 Å². The van der Waals surface area contributed by atoms with Crippen molar-refractivity contribution < 1.29 is 4.79 Å². The average molecular weight is 328 g/mol. The minimum Gasteiger partial charge on any atom is -0.347 e. The molecular weight excluding hydrogens is 309 g/mol. The molecular formula is C15H19Cl2N3O. The molecule has 6 heteroatoms. The fraction of sp³-hybridized carbons (Fsp3) is 0.333. The van der Waals surface area contributed by atoms with Crippen molar-refractivity contribution in [1.82, 2.24) is 15.6 Å². The van der Waals surface area contributed by atoms with E-state index in [-0.39, 0.29) is 36.8 Å². The van der Waals surface area contributed by atoms with Crippen molar-refractivity contribution in [1.29, 1.82) is 0 Å². The summed E-state index contributed by atoms with van der Waals surface area (Å²) < 4.78 is 0. The number of carbonyl (C=O) groups excluding carboxylic acids is 1. The maximum atomic E-state index is 12.3. The van der Waals surface area contributed by atoms with Crippen LogP contribution in [0.25, 0.3) is 10.8 Å². The Hall–Kier alpha value is -1.36. The molecule has 1 aromatic carbocycles. The number of rotatable bonds is 2. The van der Waals surface area contributed by atoms with E-state index in [9.17, 15) is 4.79 Å². The summed E-state index contributed by atoms with van der Waals surface area (Å²) in [6.45, 7) is 1.88. The van der Waals surface area contributed by atoms with E-state index in [1.54, 1.807) is 6.20 Å². The number of piperidine rings is 1. The zero-order chi connectivity index (χ0) is 13.1. The minimum atomic E-state index is -0.0782. The summed E-state index contributed by atoms with van der Waals surface area (Å²) in [5.41, 5.74) is 0.517. The summed E-state index contributed by atoms with van der Waals surface area (Å²) in [4.78, 5) is 16.6. The molecule has 114 valence electrons. The van der Waals surface area contributed by atoms with Gasteiger partial charge in [-0.25, -0.2) is 0 Å². The van der Waals surface area contributed by atoms with E-state index >= 15 is 0 Å². The van der Waals surface area contributed by atoms with Crippen LogP contribution in [0.15, 0.2) is 36.5 Å². The number of halogens is 2. The van der Waals surface area contributed by atoms with Gasteiger partial charge in [-0.15, -0.1) is 24.8 Å². The zero-order valence-electron chi connectivity index (χ0n) is 11.5. The molecule has 3 rings (SSSR count). The normalized spacial score (nSPS) is 17.4. The van der Waals surface area contributed by atoms with Crippen molar-refractivity contribution in [2.75, 3.05) is 13.1 Å². The van der Waals surface area contributed by atoms with Gasteiger partial charge in [0.2, 0.25) is 0 Å². The number of nitrogens with zero attached hydrogens (tertiary/aromatic N) is 1. The first-order chi connectivity index (χ1) is 9.34. The maximum Gasteiger partial charge on any atom is 0.270 e. The third kappa shape index (κ3) is 4.06. The molecule has 1 aliphatic rings. The highest BCUT2D eigenvalue weighted by Gasteiger charge is 2.18. The van der Waals surface area contributed by atoms with Gasteiger partial charge in [0.25, 0.3) is 5.91 Å². The van der Waals surface area contributed by atoms with Crippen LogP contribution in [-0.2, 0) is 0 Å². The zero-order valence-corrected chi connectivity index (χ0v) is 13.2. The molecule has 21 heavy (non-hydrogen) atoms. The summed E-state index contributed by atoms with van der Waals surface area (Å²) in [5, 5.41) is 8.31. The van der Waals surface area contributed by atoms with Gasteiger partial charge in [-0.2, -0.15) is 0 Å². The fourth-order valence-electron chi connectivity index (χ4n) is 2.53. The van der Waals surface area contributed by atoms with Gasteiger partial charge in [0.05, 0.1) is 0 Å². The van der Waals surface area contributed by atoms with Crippen LogP contribution in [0.1, 0.15) is 23.3 Å². The highest BCUT2D eigenvalue weighted by Crippen LogP contribution is 2.16. The summed E-state index contributed by atoms with van der Waals surface area (Å²) >= 11 is 0. The monoisotopic (exact) mass is 327 g/mol. The molecule has 1 fully saturated rings. The molecule has 0 radical (unpaired) electrons. The smallest absolute Gasteiger partial charge is 0.270 e. The number of amides is 1. The summed E-state index contributed by atoms with van der Waals surface area (Å²) in [6.07, 6.45) is 3.83. The molecule has 1 saturated heterocycles. The van der Waals surface area contributed by atoms with Crippen LogP contribution in [0, 0.1) is 0 Å². The van der Waals surface area contributed by atoms with Gasteiger partial charge in [-0.1, -0.05) is 24.3 Å². The van der Waals surface area contributed by atoms with Crippen LogP contribution in [0.2, 0.25) is 0 Å². The molecule has 1 atom stereocenters. The number of pyridine rings is 1. The lowest BCUT2D eigenvalue weighted by Gasteiger charge is -2.23. The number of fused-ring (bicyclic) bond motifs is 1. The molecule has 2 N–H and O–H groups in total. The first-order valence-corrected chi connectivity index (χ1v) is 6.70. The van der Waals surface area contributed by atoms with Crippen molar-refractivity contribution in [3.8, 4) is 0 Å². The van der Waals surface area contributed by atoms with Crippen molar-refractivity contribution in [3.63, 3.8) is 0 Å². The lowest BCUT2D eigenvalue weighted by molar-refractivity contribution is 0.0927. The van der Waals surface area contributed by atoms with Crippen LogP contribution in [0.5, 0.6) is 0 Å². The number of carbonyl (C=O) groups is 1. The second kappa shape index (κ2) is 8.17. The highest BCUT2D eigenvalue weighted by molar-refractivity contribution is 6.05. The number of hydrogen-bond acceptors (Lipinski definition) is 3. The first kappa shape index (κ1) is 17.7. The van der Waals surface area contributed by atoms with E-state index in [0.29, 0.717) is 5.69 Å². The molecule has 0 unspecified atom stereocenters. The number of aromatic nitrogens is 1. The standard InChI is InChI=1S/C15H17N3O.2ClH/c19-15(18-12-5-3-8-16-10-12)14-13-6-2-1-4-11(13)7-9-17-14;;/h1-2,4,6-7,9,12,16H,3,5,8,10H2,(H,18,19);2*1H/t12-;;/m1../s1. The number of hydrogen-bond donors (Lipinski definition) is 2. The Morgan fingerprint density at radius 2 is 2.05 bits per heavy atom. The molecule has 0 saturated carbocycles. The third-order valence-corrected chi connectivity index (χ3v) is 3.52. The molecule has 1 amide bonds. The topological polar surface area (TPSA) is 54.0 Å². The second-order valence-electron chi connectivity index (χ2n) is 4.90. The molecule has 0 bridgehead atoms. The highest BCUT2D eigenvalue weighted by atomic mass is 35.5. The summed E-state index contributed by atoms with van der Waals surface area (Å²) in [6, 6.07) is 9.97. The molecule has 4 nitrogen and oxygen atoms in total. The Morgan fingerprint density at radius 1 is 1.24 bits per heavy atom. The van der Waals surface area contributed by atoms with Crippen LogP contribution in [-0.4, -0.2) is 30.0 Å². The van der Waals surface area contributed by atoms with Gasteiger partial charge in [0.1, 0.15) is 5.69 Å². The second-order valence-corrected chi connectivity index (χ2v) is 4.90. The SMILES string of the molecule is Cl.Cl.O=C(N[C@@H]1CCCNC1)c1nccc2ccccc12. The van der Waals surface area contributed by atoms with E-state index in [0.717, 1.165) is 36.7 Å². The van der Waals surface area contributed by atoms with Crippen molar-refractivity contribution in [2.24, 2.45) is 0 Å². The maximum absolute atomic E-state index is 12.3. The van der Waals surface area contributed by atoms with Gasteiger partial charge < -0.3 is 10.6 Å². The van der Waals surface area contributed by atoms with Gasteiger partial charge in [0, 0.05) is 24.2 Å². The lowest BCUT2D eigenvalue weighted by Crippen LogP contribution is -2.45. The summed E-state index contributed by atoms with van der Waals surface area (Å²) in [5.74, 6) is -0.0782. The average Bonchev–Trinajstić information content (AvgIpc) is 2.47. The number of benzene rings is 1. The quantitative estimate of drug-likeness (QED) is 0.891. The van der Waals surface area contributed by atoms with E-state index in [4.69, 9.17) is 0 Å². The van der Waals surface area contributed by atoms with E-state index in [1.165, 1.54) is 0 Å². The Labute approximate surface area is 136 Å². The van der Waals surface area contributed by atoms with E-state index < -0.39 is 0 Å². The summed E-state index contributed by atoms with van der Waals surface area (Å²) in [7, 11) is 0. The Morgan fingerprint density at radius 3 is 2.81 bits per heavy atom. The van der Waals surface area contributed by atoms with Crippen molar-refractivity contribution >= 4 is 41.5 Å². The minimum absolute atomic E-state index is 0. The predicted octanol–water partition coefficient (Wildman–Crippen LogP) is 2.56. The van der Waals surface area contributed by atoms with Gasteiger partial charge in [-0.3, -0.25) is 9.78 Å². The molecule has 2 heterocycles. The van der Waals surface area contributed by atoms with Gasteiger partial charge in [-0.05, 0) is 30.8 Å². The van der Waals surface area contributed by atoms with E-state index in [2.05, 4.69) is 15.6 Å². The number of nitrogens with one attached hydrogen (secondary N) is 2. The van der Waals surface area contributed by atoms with Crippen LogP contribution < -0.4 is 10.6 Å². The molecule has 0 spiro atoms. The van der Waals surface area contributed by atoms with Gasteiger partial charge >= 0.3 is 0 Å². The fourth-order valence-corrected chi connectivity index (χ4v) is 2.53. The molecule has 1 aromatic heterocycles. The Bertz CT molecular complexity index is 595. The van der Waals surface area contributed by atoms with Gasteiger partial charge in [0.15, 0.2) is 0 Å². The largest absolute Gasteiger partial charge is 0.347 e. The Kier molecular flexibility index (Phi) is 6.89. The molecule has 0 aliphatic carbocycles. The molecule has 1 aliphatic heterocycles. The van der Waals surface area contributed by atoms with Crippen LogP contribution in [0.4, 0.5) is 0 Å². The lowest BCUT2D eigenvalue weighted by atomic mass is 10.1. The predicted molar refractivity (Wildman–Crippen MR) is 89.6 cm³/mol. The van der Waals surface area contributed by atoms with E-state index in [1.807, 2.05) is 30.3 Å².